The van der Waals surface area contributed by atoms with Crippen molar-refractivity contribution in [2.45, 2.75) is 50.3 Å². The molecule has 102 valence electrons. The van der Waals surface area contributed by atoms with Crippen LogP contribution >= 0.6 is 0 Å². The molecule has 0 aliphatic heterocycles. The molecule has 0 saturated carbocycles. The fourth-order valence-electron chi connectivity index (χ4n) is 1.52. The van der Waals surface area contributed by atoms with E-state index in [1.807, 2.05) is 39.8 Å². The molecule has 1 atom stereocenters. The van der Waals surface area contributed by atoms with Crippen molar-refractivity contribution in [1.82, 2.24) is 5.32 Å². The molecule has 3 nitrogen and oxygen atoms in total. The average Bonchev–Trinajstić information content (AvgIpc) is 2.25. The van der Waals surface area contributed by atoms with E-state index in [0.29, 0.717) is 11.4 Å². The zero-order valence-electron chi connectivity index (χ0n) is 11.8. The summed E-state index contributed by atoms with van der Waals surface area (Å²) in [6, 6.07) is 7.02. The molecule has 1 unspecified atom stereocenters. The Morgan fingerprint density at radius 2 is 1.67 bits per heavy atom. The van der Waals surface area contributed by atoms with Gasteiger partial charge in [-0.25, -0.2) is 8.42 Å². The summed E-state index contributed by atoms with van der Waals surface area (Å²) in [7, 11) is -3.24. The second kappa shape index (κ2) is 5.41. The first-order valence-electron chi connectivity index (χ1n) is 6.18. The fourth-order valence-corrected chi connectivity index (χ4v) is 2.80. The number of benzene rings is 1. The standard InChI is InChI=1S/C14H23NO2S/c1-11-6-8-13(9-7-11)18(16,17)12(2)10-15-14(3,4)5/h6-9,12,15H,10H2,1-5H3. The largest absolute Gasteiger partial charge is 0.311 e. The molecular formula is C14H23NO2S. The van der Waals surface area contributed by atoms with E-state index in [-0.39, 0.29) is 5.54 Å². The lowest BCUT2D eigenvalue weighted by molar-refractivity contribution is 0.425. The van der Waals surface area contributed by atoms with E-state index in [1.165, 1.54) is 0 Å². The highest BCUT2D eigenvalue weighted by atomic mass is 32.2. The average molecular weight is 269 g/mol. The van der Waals surface area contributed by atoms with Gasteiger partial charge in [0.2, 0.25) is 0 Å². The van der Waals surface area contributed by atoms with Crippen LogP contribution in [0.2, 0.25) is 0 Å². The Morgan fingerprint density at radius 1 is 1.17 bits per heavy atom. The zero-order valence-corrected chi connectivity index (χ0v) is 12.6. The maximum Gasteiger partial charge on any atom is 0.182 e. The lowest BCUT2D eigenvalue weighted by Gasteiger charge is -2.23. The smallest absolute Gasteiger partial charge is 0.182 e. The van der Waals surface area contributed by atoms with E-state index < -0.39 is 15.1 Å². The van der Waals surface area contributed by atoms with Crippen molar-refractivity contribution in [2.75, 3.05) is 6.54 Å². The van der Waals surface area contributed by atoms with E-state index in [1.54, 1.807) is 19.1 Å². The number of aryl methyl sites for hydroxylation is 1. The molecule has 1 aromatic carbocycles. The number of nitrogens with one attached hydrogen (secondary N) is 1. The van der Waals surface area contributed by atoms with E-state index in [9.17, 15) is 8.42 Å². The Bertz CT molecular complexity index is 484. The van der Waals surface area contributed by atoms with Gasteiger partial charge in [0.15, 0.2) is 9.84 Å². The quantitative estimate of drug-likeness (QED) is 0.913. The van der Waals surface area contributed by atoms with Crippen LogP contribution in [0.3, 0.4) is 0 Å². The second-order valence-corrected chi connectivity index (χ2v) is 8.17. The van der Waals surface area contributed by atoms with Crippen LogP contribution in [-0.4, -0.2) is 25.8 Å². The summed E-state index contributed by atoms with van der Waals surface area (Å²) in [6.07, 6.45) is 0. The normalized spacial score (nSPS) is 14.5. The van der Waals surface area contributed by atoms with Crippen molar-refractivity contribution in [2.24, 2.45) is 0 Å². The van der Waals surface area contributed by atoms with Crippen LogP contribution < -0.4 is 5.32 Å². The van der Waals surface area contributed by atoms with Crippen LogP contribution in [0.4, 0.5) is 0 Å². The molecule has 0 heterocycles. The molecule has 0 bridgehead atoms. The minimum atomic E-state index is -3.24. The van der Waals surface area contributed by atoms with Crippen molar-refractivity contribution < 1.29 is 8.42 Å². The highest BCUT2D eigenvalue weighted by Crippen LogP contribution is 2.16. The molecule has 0 aliphatic carbocycles. The second-order valence-electron chi connectivity index (χ2n) is 5.80. The predicted molar refractivity (Wildman–Crippen MR) is 75.6 cm³/mol. The molecule has 1 aromatic rings. The molecular weight excluding hydrogens is 246 g/mol. The van der Waals surface area contributed by atoms with Crippen molar-refractivity contribution in [3.8, 4) is 0 Å². The maximum atomic E-state index is 12.3. The third-order valence-corrected chi connectivity index (χ3v) is 4.95. The third kappa shape index (κ3) is 4.10. The van der Waals surface area contributed by atoms with Crippen LogP contribution in [0.25, 0.3) is 0 Å². The van der Waals surface area contributed by atoms with Crippen molar-refractivity contribution >= 4 is 9.84 Å². The van der Waals surface area contributed by atoms with Gasteiger partial charge >= 0.3 is 0 Å². The summed E-state index contributed by atoms with van der Waals surface area (Å²) in [5, 5.41) is 2.80. The van der Waals surface area contributed by atoms with Gasteiger partial charge in [0.05, 0.1) is 10.1 Å². The first-order valence-corrected chi connectivity index (χ1v) is 7.73. The zero-order chi connectivity index (χ0) is 14.0. The van der Waals surface area contributed by atoms with Gasteiger partial charge in [0.1, 0.15) is 0 Å². The maximum absolute atomic E-state index is 12.3. The molecule has 0 aliphatic rings. The summed E-state index contributed by atoms with van der Waals surface area (Å²) in [6.45, 7) is 10.2. The van der Waals surface area contributed by atoms with Gasteiger partial charge in [0, 0.05) is 12.1 Å². The van der Waals surface area contributed by atoms with Crippen LogP contribution in [0, 0.1) is 6.92 Å². The summed E-state index contributed by atoms with van der Waals surface area (Å²) < 4.78 is 24.6. The van der Waals surface area contributed by atoms with Gasteiger partial charge < -0.3 is 5.32 Å². The topological polar surface area (TPSA) is 46.2 Å². The first kappa shape index (κ1) is 15.2. The van der Waals surface area contributed by atoms with E-state index in [2.05, 4.69) is 5.32 Å². The molecule has 0 fully saturated rings. The van der Waals surface area contributed by atoms with Gasteiger partial charge in [-0.2, -0.15) is 0 Å². The summed E-state index contributed by atoms with van der Waals surface area (Å²) in [5.41, 5.74) is 0.992. The Hall–Kier alpha value is -0.870. The highest BCUT2D eigenvalue weighted by molar-refractivity contribution is 7.92. The van der Waals surface area contributed by atoms with E-state index >= 15 is 0 Å². The van der Waals surface area contributed by atoms with Crippen LogP contribution in [-0.2, 0) is 9.84 Å². The molecule has 4 heteroatoms. The molecule has 0 saturated heterocycles. The molecule has 1 N–H and O–H groups in total. The molecule has 18 heavy (non-hydrogen) atoms. The summed E-state index contributed by atoms with van der Waals surface area (Å²) >= 11 is 0. The van der Waals surface area contributed by atoms with Crippen molar-refractivity contribution in [3.05, 3.63) is 29.8 Å². The van der Waals surface area contributed by atoms with Gasteiger partial charge in [-0.15, -0.1) is 0 Å². The SMILES string of the molecule is Cc1ccc(S(=O)(=O)C(C)CNC(C)(C)C)cc1. The van der Waals surface area contributed by atoms with E-state index in [4.69, 9.17) is 0 Å². The Labute approximate surface area is 111 Å². The minimum absolute atomic E-state index is 0.0724. The highest BCUT2D eigenvalue weighted by Gasteiger charge is 2.24. The lowest BCUT2D eigenvalue weighted by atomic mass is 10.1. The van der Waals surface area contributed by atoms with Gasteiger partial charge in [-0.1, -0.05) is 17.7 Å². The fraction of sp³-hybridized carbons (Fsp3) is 0.571. The monoisotopic (exact) mass is 269 g/mol. The van der Waals surface area contributed by atoms with E-state index in [0.717, 1.165) is 5.56 Å². The van der Waals surface area contributed by atoms with Crippen molar-refractivity contribution in [1.29, 1.82) is 0 Å². The Balaban J connectivity index is 2.83. The molecule has 1 rings (SSSR count). The van der Waals surface area contributed by atoms with Crippen LogP contribution in [0.1, 0.15) is 33.3 Å². The first-order chi connectivity index (χ1) is 8.13. The number of hydrogen-bond acceptors (Lipinski definition) is 3. The number of sulfone groups is 1. The molecule has 0 spiro atoms. The molecule has 0 radical (unpaired) electrons. The summed E-state index contributed by atoms with van der Waals surface area (Å²) in [5.74, 6) is 0. The van der Waals surface area contributed by atoms with Gasteiger partial charge in [-0.05, 0) is 46.8 Å². The Morgan fingerprint density at radius 3 is 2.11 bits per heavy atom. The van der Waals surface area contributed by atoms with Crippen LogP contribution in [0.15, 0.2) is 29.2 Å². The molecule has 0 aromatic heterocycles. The third-order valence-electron chi connectivity index (χ3n) is 2.80. The predicted octanol–water partition coefficient (Wildman–Crippen LogP) is 2.55. The van der Waals surface area contributed by atoms with Crippen molar-refractivity contribution in [3.63, 3.8) is 0 Å². The molecule has 0 amide bonds. The number of rotatable bonds is 4. The minimum Gasteiger partial charge on any atom is -0.311 e. The van der Waals surface area contributed by atoms with Gasteiger partial charge in [-0.3, -0.25) is 0 Å². The number of hydrogen-bond donors (Lipinski definition) is 1. The Kier molecular flexibility index (Phi) is 4.56. The van der Waals surface area contributed by atoms with Gasteiger partial charge in [0.25, 0.3) is 0 Å². The lowest BCUT2D eigenvalue weighted by Crippen LogP contribution is -2.42. The summed E-state index contributed by atoms with van der Waals surface area (Å²) in [4.78, 5) is 0.399. The van der Waals surface area contributed by atoms with Crippen LogP contribution in [0.5, 0.6) is 0 Å².